The number of hydrogen-bond acceptors (Lipinski definition) is 1. The molecule has 1 aromatic rings. The van der Waals surface area contributed by atoms with E-state index in [9.17, 15) is 0 Å². The molecule has 0 heterocycles. The van der Waals surface area contributed by atoms with Crippen LogP contribution in [0.15, 0.2) is 24.3 Å². The van der Waals surface area contributed by atoms with Gasteiger partial charge in [0.15, 0.2) is 0 Å². The number of hydrogen-bond donors (Lipinski definition) is 0. The summed E-state index contributed by atoms with van der Waals surface area (Å²) in [7, 11) is 0. The Labute approximate surface area is 168 Å². The van der Waals surface area contributed by atoms with Crippen molar-refractivity contribution in [3.8, 4) is 5.75 Å². The molecule has 2 saturated carbocycles. The van der Waals surface area contributed by atoms with Gasteiger partial charge in [-0.1, -0.05) is 64.5 Å². The van der Waals surface area contributed by atoms with Crippen LogP contribution >= 0.6 is 0 Å². The second-order valence-corrected chi connectivity index (χ2v) is 9.31. The van der Waals surface area contributed by atoms with Gasteiger partial charge in [0.05, 0.1) is 6.61 Å². The van der Waals surface area contributed by atoms with Gasteiger partial charge in [-0.2, -0.15) is 0 Å². The molecule has 0 radical (unpaired) electrons. The van der Waals surface area contributed by atoms with Crippen molar-refractivity contribution in [2.45, 2.75) is 103 Å². The number of ether oxygens (including phenoxy) is 1. The molecular formula is C26H42O. The van der Waals surface area contributed by atoms with Crippen LogP contribution < -0.4 is 4.74 Å². The summed E-state index contributed by atoms with van der Waals surface area (Å²) >= 11 is 0. The molecule has 27 heavy (non-hydrogen) atoms. The molecule has 0 aliphatic heterocycles. The van der Waals surface area contributed by atoms with E-state index in [0.29, 0.717) is 0 Å². The number of rotatable bonds is 9. The highest BCUT2D eigenvalue weighted by Gasteiger charge is 2.31. The first kappa shape index (κ1) is 20.7. The Morgan fingerprint density at radius 2 is 1.37 bits per heavy atom. The van der Waals surface area contributed by atoms with E-state index in [4.69, 9.17) is 4.74 Å². The highest BCUT2D eigenvalue weighted by atomic mass is 16.5. The molecule has 2 aliphatic rings. The van der Waals surface area contributed by atoms with Crippen LogP contribution in [-0.4, -0.2) is 6.61 Å². The Balaban J connectivity index is 1.40. The summed E-state index contributed by atoms with van der Waals surface area (Å²) in [4.78, 5) is 0. The fourth-order valence-corrected chi connectivity index (χ4v) is 5.66. The maximum Gasteiger partial charge on any atom is 0.119 e. The molecule has 0 atom stereocenters. The first-order valence-electron chi connectivity index (χ1n) is 12.0. The van der Waals surface area contributed by atoms with Gasteiger partial charge >= 0.3 is 0 Å². The predicted octanol–water partition coefficient (Wildman–Crippen LogP) is 8.14. The van der Waals surface area contributed by atoms with Crippen molar-refractivity contribution in [2.75, 3.05) is 6.61 Å². The first-order chi connectivity index (χ1) is 13.3. The van der Waals surface area contributed by atoms with E-state index < -0.39 is 0 Å². The smallest absolute Gasteiger partial charge is 0.119 e. The van der Waals surface area contributed by atoms with E-state index in [1.165, 1.54) is 83.5 Å². The monoisotopic (exact) mass is 370 g/mol. The normalized spacial score (nSPS) is 28.8. The lowest BCUT2D eigenvalue weighted by molar-refractivity contribution is 0.156. The van der Waals surface area contributed by atoms with E-state index in [1.807, 2.05) is 0 Å². The lowest BCUT2D eigenvalue weighted by Crippen LogP contribution is -2.25. The number of unbranched alkanes of at least 4 members (excludes halogenated alkanes) is 2. The van der Waals surface area contributed by atoms with Crippen LogP contribution in [0.2, 0.25) is 0 Å². The van der Waals surface area contributed by atoms with Crippen LogP contribution in [0, 0.1) is 17.8 Å². The highest BCUT2D eigenvalue weighted by Crippen LogP contribution is 2.44. The lowest BCUT2D eigenvalue weighted by Gasteiger charge is -2.38. The van der Waals surface area contributed by atoms with Crippen molar-refractivity contribution in [3.05, 3.63) is 29.8 Å². The molecule has 0 unspecified atom stereocenters. The standard InChI is InChI=1S/C26H42O/c1-3-5-6-20-27-26-18-16-25(17-19-26)24-14-12-23(13-15-24)22-10-8-21(7-4-2)9-11-22/h16-19,21-24H,3-15,20H2,1-2H3/t21-,22-,23-,24-. The molecule has 152 valence electrons. The Hall–Kier alpha value is -0.980. The minimum Gasteiger partial charge on any atom is -0.494 e. The van der Waals surface area contributed by atoms with Gasteiger partial charge in [-0.05, 0) is 86.3 Å². The molecule has 0 saturated heterocycles. The van der Waals surface area contributed by atoms with Gasteiger partial charge in [-0.15, -0.1) is 0 Å². The minimum atomic E-state index is 0.784. The van der Waals surface area contributed by atoms with Crippen LogP contribution in [-0.2, 0) is 0 Å². The maximum atomic E-state index is 5.87. The second-order valence-electron chi connectivity index (χ2n) is 9.31. The molecule has 1 nitrogen and oxygen atoms in total. The summed E-state index contributed by atoms with van der Waals surface area (Å²) in [5.74, 6) is 4.94. The molecule has 0 N–H and O–H groups in total. The third-order valence-corrected chi connectivity index (χ3v) is 7.39. The molecule has 2 aliphatic carbocycles. The van der Waals surface area contributed by atoms with Crippen LogP contribution in [0.4, 0.5) is 0 Å². The Kier molecular flexibility index (Phi) is 8.55. The average Bonchev–Trinajstić information content (AvgIpc) is 2.73. The highest BCUT2D eigenvalue weighted by molar-refractivity contribution is 5.29. The van der Waals surface area contributed by atoms with Gasteiger partial charge in [-0.25, -0.2) is 0 Å². The zero-order chi connectivity index (χ0) is 18.9. The molecule has 0 aromatic heterocycles. The van der Waals surface area contributed by atoms with E-state index in [-0.39, 0.29) is 0 Å². The van der Waals surface area contributed by atoms with Gasteiger partial charge in [0.25, 0.3) is 0 Å². The third kappa shape index (κ3) is 6.26. The van der Waals surface area contributed by atoms with E-state index in [1.54, 1.807) is 5.56 Å². The van der Waals surface area contributed by atoms with Crippen LogP contribution in [0.3, 0.4) is 0 Å². The second kappa shape index (κ2) is 11.1. The van der Waals surface area contributed by atoms with Gasteiger partial charge < -0.3 is 4.74 Å². The lowest BCUT2D eigenvalue weighted by atomic mass is 9.68. The van der Waals surface area contributed by atoms with E-state index in [2.05, 4.69) is 38.1 Å². The van der Waals surface area contributed by atoms with Crippen molar-refractivity contribution in [3.63, 3.8) is 0 Å². The topological polar surface area (TPSA) is 9.23 Å². The van der Waals surface area contributed by atoms with Gasteiger partial charge in [0, 0.05) is 0 Å². The molecular weight excluding hydrogens is 328 g/mol. The largest absolute Gasteiger partial charge is 0.494 e. The summed E-state index contributed by atoms with van der Waals surface area (Å²) < 4.78 is 5.87. The van der Waals surface area contributed by atoms with Gasteiger partial charge in [0.1, 0.15) is 5.75 Å². The van der Waals surface area contributed by atoms with Crippen molar-refractivity contribution >= 4 is 0 Å². The zero-order valence-corrected chi connectivity index (χ0v) is 17.9. The summed E-state index contributed by atoms with van der Waals surface area (Å²) in [5, 5.41) is 0. The SMILES string of the molecule is CCCCCOc1ccc([C@H]2CC[C@H]([C@H]3CC[C@H](CCC)CC3)CC2)cc1. The van der Waals surface area contributed by atoms with Gasteiger partial charge in [-0.3, -0.25) is 0 Å². The fourth-order valence-electron chi connectivity index (χ4n) is 5.66. The average molecular weight is 371 g/mol. The number of benzene rings is 1. The summed E-state index contributed by atoms with van der Waals surface area (Å²) in [6.45, 7) is 5.44. The van der Waals surface area contributed by atoms with Gasteiger partial charge in [0.2, 0.25) is 0 Å². The molecule has 3 rings (SSSR count). The molecule has 1 heteroatoms. The van der Waals surface area contributed by atoms with Crippen LogP contribution in [0.5, 0.6) is 5.75 Å². The van der Waals surface area contributed by atoms with Crippen molar-refractivity contribution in [1.29, 1.82) is 0 Å². The van der Waals surface area contributed by atoms with Crippen LogP contribution in [0.1, 0.15) is 109 Å². The molecule has 0 amide bonds. The minimum absolute atomic E-state index is 0.784. The summed E-state index contributed by atoms with van der Waals surface area (Å²) in [6, 6.07) is 9.05. The maximum absolute atomic E-state index is 5.87. The molecule has 2 fully saturated rings. The van der Waals surface area contributed by atoms with Crippen LogP contribution in [0.25, 0.3) is 0 Å². The summed E-state index contributed by atoms with van der Waals surface area (Å²) in [6.07, 6.45) is 18.3. The van der Waals surface area contributed by atoms with Crippen molar-refractivity contribution in [2.24, 2.45) is 17.8 Å². The molecule has 0 spiro atoms. The van der Waals surface area contributed by atoms with E-state index in [0.717, 1.165) is 36.0 Å². The third-order valence-electron chi connectivity index (χ3n) is 7.39. The molecule has 0 bridgehead atoms. The zero-order valence-electron chi connectivity index (χ0n) is 17.9. The predicted molar refractivity (Wildman–Crippen MR) is 117 cm³/mol. The Morgan fingerprint density at radius 1 is 0.741 bits per heavy atom. The fraction of sp³-hybridized carbons (Fsp3) is 0.769. The Morgan fingerprint density at radius 3 is 1.96 bits per heavy atom. The molecule has 1 aromatic carbocycles. The quantitative estimate of drug-likeness (QED) is 0.399. The summed E-state index contributed by atoms with van der Waals surface area (Å²) in [5.41, 5.74) is 1.54. The Bertz CT molecular complexity index is 504. The van der Waals surface area contributed by atoms with Crippen molar-refractivity contribution < 1.29 is 4.74 Å². The van der Waals surface area contributed by atoms with Crippen molar-refractivity contribution in [1.82, 2.24) is 0 Å². The van der Waals surface area contributed by atoms with E-state index >= 15 is 0 Å². The first-order valence-corrected chi connectivity index (χ1v) is 12.0.